The first-order valence-corrected chi connectivity index (χ1v) is 8.34. The standard InChI is InChI=1S/C15H21IN4/c1-19(12-4-2-3-5-12)8-9-20-14-7-6-11(16)10-13(14)18-15(20)17/h6-7,10,12H,2-5,8-9H2,1H3,(H2,17,18). The largest absolute Gasteiger partial charge is 0.369 e. The minimum Gasteiger partial charge on any atom is -0.369 e. The number of nitrogens with zero attached hydrogens (tertiary/aromatic N) is 3. The number of benzene rings is 1. The molecule has 0 atom stereocenters. The number of nitrogen functional groups attached to an aromatic ring is 1. The van der Waals surface area contributed by atoms with Crippen LogP contribution >= 0.6 is 22.6 Å². The van der Waals surface area contributed by atoms with Crippen molar-refractivity contribution in [3.8, 4) is 0 Å². The van der Waals surface area contributed by atoms with Crippen LogP contribution in [0.4, 0.5) is 5.95 Å². The Labute approximate surface area is 133 Å². The van der Waals surface area contributed by atoms with Crippen molar-refractivity contribution in [2.24, 2.45) is 0 Å². The maximum absolute atomic E-state index is 6.07. The van der Waals surface area contributed by atoms with Gasteiger partial charge in [0, 0.05) is 22.7 Å². The molecule has 1 aromatic carbocycles. The fourth-order valence-corrected chi connectivity index (χ4v) is 3.62. The molecule has 20 heavy (non-hydrogen) atoms. The van der Waals surface area contributed by atoms with E-state index in [1.165, 1.54) is 29.3 Å². The van der Waals surface area contributed by atoms with Crippen LogP contribution in [0.15, 0.2) is 18.2 Å². The van der Waals surface area contributed by atoms with Crippen molar-refractivity contribution >= 4 is 39.6 Å². The van der Waals surface area contributed by atoms with Crippen molar-refractivity contribution in [2.75, 3.05) is 19.3 Å². The van der Waals surface area contributed by atoms with Crippen LogP contribution in [-0.4, -0.2) is 34.1 Å². The Morgan fingerprint density at radius 2 is 2.15 bits per heavy atom. The number of nitrogens with two attached hydrogens (primary N) is 1. The summed E-state index contributed by atoms with van der Waals surface area (Å²) in [5.41, 5.74) is 8.21. The Hall–Kier alpha value is -0.820. The minimum absolute atomic E-state index is 0.627. The van der Waals surface area contributed by atoms with Gasteiger partial charge in [-0.05, 0) is 60.7 Å². The lowest BCUT2D eigenvalue weighted by molar-refractivity contribution is 0.238. The molecule has 0 saturated heterocycles. The molecule has 1 saturated carbocycles. The number of likely N-dealkylation sites (N-methyl/N-ethyl adjacent to an activating group) is 1. The predicted molar refractivity (Wildman–Crippen MR) is 91.7 cm³/mol. The first-order valence-electron chi connectivity index (χ1n) is 7.26. The Bertz CT molecular complexity index is 601. The average molecular weight is 384 g/mol. The summed E-state index contributed by atoms with van der Waals surface area (Å²) in [6.07, 6.45) is 5.44. The van der Waals surface area contributed by atoms with E-state index in [1.807, 2.05) is 0 Å². The van der Waals surface area contributed by atoms with Gasteiger partial charge in [-0.3, -0.25) is 0 Å². The Kier molecular flexibility index (Phi) is 4.16. The van der Waals surface area contributed by atoms with Gasteiger partial charge < -0.3 is 15.2 Å². The van der Waals surface area contributed by atoms with Crippen molar-refractivity contribution in [3.63, 3.8) is 0 Å². The highest BCUT2D eigenvalue weighted by atomic mass is 127. The lowest BCUT2D eigenvalue weighted by atomic mass is 10.2. The highest BCUT2D eigenvalue weighted by Gasteiger charge is 2.19. The van der Waals surface area contributed by atoms with Crippen LogP contribution in [0.25, 0.3) is 11.0 Å². The topological polar surface area (TPSA) is 47.1 Å². The van der Waals surface area contributed by atoms with Gasteiger partial charge in [-0.15, -0.1) is 0 Å². The van der Waals surface area contributed by atoms with Crippen LogP contribution in [0.3, 0.4) is 0 Å². The molecule has 108 valence electrons. The van der Waals surface area contributed by atoms with Crippen molar-refractivity contribution in [1.29, 1.82) is 0 Å². The van der Waals surface area contributed by atoms with E-state index < -0.39 is 0 Å². The SMILES string of the molecule is CN(CCn1c(N)nc2cc(I)ccc21)C1CCCC1. The van der Waals surface area contributed by atoms with E-state index in [1.54, 1.807) is 0 Å². The molecule has 0 aliphatic heterocycles. The van der Waals surface area contributed by atoms with E-state index in [-0.39, 0.29) is 0 Å². The van der Waals surface area contributed by atoms with Crippen molar-refractivity contribution in [1.82, 2.24) is 14.5 Å². The summed E-state index contributed by atoms with van der Waals surface area (Å²) in [7, 11) is 2.23. The van der Waals surface area contributed by atoms with Gasteiger partial charge in [-0.2, -0.15) is 0 Å². The van der Waals surface area contributed by atoms with Crippen molar-refractivity contribution in [3.05, 3.63) is 21.8 Å². The van der Waals surface area contributed by atoms with Crippen LogP contribution in [0.2, 0.25) is 0 Å². The van der Waals surface area contributed by atoms with Gasteiger partial charge >= 0.3 is 0 Å². The molecule has 2 aromatic rings. The summed E-state index contributed by atoms with van der Waals surface area (Å²) in [6.45, 7) is 1.95. The highest BCUT2D eigenvalue weighted by Crippen LogP contribution is 2.23. The molecule has 1 aliphatic carbocycles. The summed E-state index contributed by atoms with van der Waals surface area (Å²) >= 11 is 2.31. The third kappa shape index (κ3) is 2.79. The van der Waals surface area contributed by atoms with Gasteiger partial charge in [0.1, 0.15) is 0 Å². The average Bonchev–Trinajstić information content (AvgIpc) is 3.03. The normalized spacial score (nSPS) is 16.6. The first kappa shape index (κ1) is 14.1. The molecule has 1 heterocycles. The molecule has 1 aromatic heterocycles. The summed E-state index contributed by atoms with van der Waals surface area (Å²) in [4.78, 5) is 6.94. The number of hydrogen-bond donors (Lipinski definition) is 1. The molecule has 0 amide bonds. The van der Waals surface area contributed by atoms with Gasteiger partial charge in [0.2, 0.25) is 5.95 Å². The second-order valence-corrected chi connectivity index (χ2v) is 6.92. The van der Waals surface area contributed by atoms with Gasteiger partial charge in [-0.1, -0.05) is 12.8 Å². The Morgan fingerprint density at radius 1 is 1.40 bits per heavy atom. The van der Waals surface area contributed by atoms with Crippen molar-refractivity contribution in [2.45, 2.75) is 38.3 Å². The van der Waals surface area contributed by atoms with Gasteiger partial charge in [0.05, 0.1) is 11.0 Å². The number of imidazole rings is 1. The second-order valence-electron chi connectivity index (χ2n) is 5.67. The second kappa shape index (κ2) is 5.89. The number of anilines is 1. The third-order valence-electron chi connectivity index (χ3n) is 4.36. The molecule has 0 radical (unpaired) electrons. The fourth-order valence-electron chi connectivity index (χ4n) is 3.14. The van der Waals surface area contributed by atoms with E-state index in [0.29, 0.717) is 5.95 Å². The summed E-state index contributed by atoms with van der Waals surface area (Å²) in [5, 5.41) is 0. The molecule has 0 bridgehead atoms. The van der Waals surface area contributed by atoms with Crippen molar-refractivity contribution < 1.29 is 0 Å². The van der Waals surface area contributed by atoms with E-state index >= 15 is 0 Å². The zero-order valence-electron chi connectivity index (χ0n) is 11.8. The molecule has 5 heteroatoms. The Balaban J connectivity index is 1.75. The quantitative estimate of drug-likeness (QED) is 0.825. The number of aromatic nitrogens is 2. The lowest BCUT2D eigenvalue weighted by Crippen LogP contribution is -2.32. The van der Waals surface area contributed by atoms with Crippen LogP contribution in [0.1, 0.15) is 25.7 Å². The van der Waals surface area contributed by atoms with E-state index in [9.17, 15) is 0 Å². The monoisotopic (exact) mass is 384 g/mol. The van der Waals surface area contributed by atoms with E-state index in [4.69, 9.17) is 5.73 Å². The molecule has 1 aliphatic rings. The molecule has 4 nitrogen and oxygen atoms in total. The number of fused-ring (bicyclic) bond motifs is 1. The number of halogens is 1. The number of rotatable bonds is 4. The smallest absolute Gasteiger partial charge is 0.201 e. The molecule has 3 rings (SSSR count). The van der Waals surface area contributed by atoms with Crippen LogP contribution in [0.5, 0.6) is 0 Å². The summed E-state index contributed by atoms with van der Waals surface area (Å²) in [5.74, 6) is 0.627. The third-order valence-corrected chi connectivity index (χ3v) is 5.04. The Morgan fingerprint density at radius 3 is 2.90 bits per heavy atom. The number of hydrogen-bond acceptors (Lipinski definition) is 3. The maximum atomic E-state index is 6.07. The molecular formula is C15H21IN4. The lowest BCUT2D eigenvalue weighted by Gasteiger charge is -2.24. The van der Waals surface area contributed by atoms with E-state index in [2.05, 4.69) is 62.3 Å². The molecule has 0 spiro atoms. The van der Waals surface area contributed by atoms with Gasteiger partial charge in [-0.25, -0.2) is 4.98 Å². The zero-order valence-corrected chi connectivity index (χ0v) is 14.0. The molecule has 0 unspecified atom stereocenters. The van der Waals surface area contributed by atoms with Gasteiger partial charge in [0.25, 0.3) is 0 Å². The minimum atomic E-state index is 0.627. The summed E-state index contributed by atoms with van der Waals surface area (Å²) in [6, 6.07) is 7.08. The van der Waals surface area contributed by atoms with Crippen LogP contribution < -0.4 is 5.73 Å². The van der Waals surface area contributed by atoms with Crippen LogP contribution in [0, 0.1) is 3.57 Å². The predicted octanol–water partition coefficient (Wildman–Crippen LogP) is 3.10. The zero-order chi connectivity index (χ0) is 14.1. The van der Waals surface area contributed by atoms with Gasteiger partial charge in [0.15, 0.2) is 0 Å². The summed E-state index contributed by atoms with van der Waals surface area (Å²) < 4.78 is 3.33. The molecular weight excluding hydrogens is 363 g/mol. The fraction of sp³-hybridized carbons (Fsp3) is 0.533. The van der Waals surface area contributed by atoms with Crippen LogP contribution in [-0.2, 0) is 6.54 Å². The first-order chi connectivity index (χ1) is 9.65. The highest BCUT2D eigenvalue weighted by molar-refractivity contribution is 14.1. The molecule has 2 N–H and O–H groups in total. The molecule has 1 fully saturated rings. The van der Waals surface area contributed by atoms with E-state index in [0.717, 1.165) is 30.2 Å². The maximum Gasteiger partial charge on any atom is 0.201 e.